The first-order valence-electron chi connectivity index (χ1n) is 7.15. The molecule has 0 bridgehead atoms. The lowest BCUT2D eigenvalue weighted by Gasteiger charge is -2.39. The monoisotopic (exact) mass is 254 g/mol. The standard InChI is InChI=1S/C14H26N2O2/c1-14(2)9-12(7-8-18-14)16-11-5-3-10(4-6-11)13(15)17/h10-12,16H,3-9H2,1-2H3,(H2,15,17). The molecule has 4 heteroatoms. The number of primary amides is 1. The molecule has 1 aliphatic heterocycles. The molecule has 0 aromatic rings. The van der Waals surface area contributed by atoms with Gasteiger partial charge in [0, 0.05) is 24.6 Å². The molecular formula is C14H26N2O2. The van der Waals surface area contributed by atoms with Gasteiger partial charge in [0.1, 0.15) is 0 Å². The van der Waals surface area contributed by atoms with Crippen LogP contribution in [0, 0.1) is 5.92 Å². The predicted molar refractivity (Wildman–Crippen MR) is 71.1 cm³/mol. The number of hydrogen-bond acceptors (Lipinski definition) is 3. The first-order valence-corrected chi connectivity index (χ1v) is 7.15. The van der Waals surface area contributed by atoms with Gasteiger partial charge in [0.25, 0.3) is 0 Å². The minimum absolute atomic E-state index is 0.000341. The Morgan fingerprint density at radius 1 is 1.17 bits per heavy atom. The summed E-state index contributed by atoms with van der Waals surface area (Å²) >= 11 is 0. The molecule has 3 N–H and O–H groups in total. The van der Waals surface area contributed by atoms with Crippen LogP contribution < -0.4 is 11.1 Å². The molecule has 104 valence electrons. The summed E-state index contributed by atoms with van der Waals surface area (Å²) in [5.74, 6) is -0.0187. The second kappa shape index (κ2) is 5.57. The molecule has 1 heterocycles. The fourth-order valence-corrected chi connectivity index (χ4v) is 3.25. The van der Waals surface area contributed by atoms with Crippen LogP contribution in [-0.4, -0.2) is 30.2 Å². The second-order valence-electron chi connectivity index (χ2n) is 6.42. The van der Waals surface area contributed by atoms with Gasteiger partial charge in [0.15, 0.2) is 0 Å². The van der Waals surface area contributed by atoms with Crippen molar-refractivity contribution in [3.63, 3.8) is 0 Å². The molecular weight excluding hydrogens is 228 g/mol. The zero-order valence-electron chi connectivity index (χ0n) is 11.6. The average Bonchev–Trinajstić information content (AvgIpc) is 2.28. The quantitative estimate of drug-likeness (QED) is 0.803. The first-order chi connectivity index (χ1) is 8.46. The highest BCUT2D eigenvalue weighted by atomic mass is 16.5. The van der Waals surface area contributed by atoms with E-state index in [-0.39, 0.29) is 17.4 Å². The molecule has 1 saturated heterocycles. The molecule has 0 aromatic heterocycles. The van der Waals surface area contributed by atoms with Crippen LogP contribution in [0.25, 0.3) is 0 Å². The fraction of sp³-hybridized carbons (Fsp3) is 0.929. The summed E-state index contributed by atoms with van der Waals surface area (Å²) in [7, 11) is 0. The molecule has 0 spiro atoms. The molecule has 18 heavy (non-hydrogen) atoms. The molecule has 2 aliphatic rings. The number of nitrogens with one attached hydrogen (secondary N) is 1. The molecule has 0 aromatic carbocycles. The van der Waals surface area contributed by atoms with Crippen LogP contribution in [0.3, 0.4) is 0 Å². The van der Waals surface area contributed by atoms with E-state index in [9.17, 15) is 4.79 Å². The average molecular weight is 254 g/mol. The number of nitrogens with two attached hydrogens (primary N) is 1. The molecule has 1 unspecified atom stereocenters. The number of rotatable bonds is 3. The van der Waals surface area contributed by atoms with Crippen molar-refractivity contribution in [1.82, 2.24) is 5.32 Å². The van der Waals surface area contributed by atoms with Gasteiger partial charge in [-0.1, -0.05) is 0 Å². The smallest absolute Gasteiger partial charge is 0.220 e. The molecule has 4 nitrogen and oxygen atoms in total. The van der Waals surface area contributed by atoms with Crippen LogP contribution in [0.15, 0.2) is 0 Å². The largest absolute Gasteiger partial charge is 0.375 e. The van der Waals surface area contributed by atoms with E-state index in [0.717, 1.165) is 45.1 Å². The highest BCUT2D eigenvalue weighted by molar-refractivity contribution is 5.76. The van der Waals surface area contributed by atoms with E-state index in [1.165, 1.54) is 0 Å². The maximum atomic E-state index is 11.1. The topological polar surface area (TPSA) is 64.3 Å². The minimum Gasteiger partial charge on any atom is -0.375 e. The highest BCUT2D eigenvalue weighted by Gasteiger charge is 2.31. The molecule has 1 amide bonds. The van der Waals surface area contributed by atoms with Crippen molar-refractivity contribution in [1.29, 1.82) is 0 Å². The zero-order chi connectivity index (χ0) is 13.2. The van der Waals surface area contributed by atoms with Crippen LogP contribution in [0.1, 0.15) is 52.4 Å². The summed E-state index contributed by atoms with van der Waals surface area (Å²) in [6.07, 6.45) is 6.21. The number of amides is 1. The van der Waals surface area contributed by atoms with E-state index >= 15 is 0 Å². The normalized spacial score (nSPS) is 36.2. The van der Waals surface area contributed by atoms with Gasteiger partial charge in [-0.15, -0.1) is 0 Å². The van der Waals surface area contributed by atoms with Crippen LogP contribution >= 0.6 is 0 Å². The summed E-state index contributed by atoms with van der Waals surface area (Å²) in [6.45, 7) is 5.16. The van der Waals surface area contributed by atoms with Crippen molar-refractivity contribution in [2.75, 3.05) is 6.61 Å². The third-order valence-corrected chi connectivity index (χ3v) is 4.30. The van der Waals surface area contributed by atoms with E-state index in [4.69, 9.17) is 10.5 Å². The van der Waals surface area contributed by atoms with Gasteiger partial charge in [-0.3, -0.25) is 4.79 Å². The summed E-state index contributed by atoms with van der Waals surface area (Å²) in [4.78, 5) is 11.1. The van der Waals surface area contributed by atoms with E-state index in [2.05, 4.69) is 19.2 Å². The summed E-state index contributed by atoms with van der Waals surface area (Å²) in [5.41, 5.74) is 5.36. The molecule has 0 radical (unpaired) electrons. The van der Waals surface area contributed by atoms with Gasteiger partial charge in [0.05, 0.1) is 5.60 Å². The lowest BCUT2D eigenvalue weighted by Crippen LogP contribution is -2.48. The SMILES string of the molecule is CC1(C)CC(NC2CCC(C(N)=O)CC2)CCO1. The zero-order valence-corrected chi connectivity index (χ0v) is 11.6. The Balaban J connectivity index is 1.76. The van der Waals surface area contributed by atoms with E-state index in [1.54, 1.807) is 0 Å². The Kier molecular flexibility index (Phi) is 4.28. The van der Waals surface area contributed by atoms with Crippen molar-refractivity contribution in [3.05, 3.63) is 0 Å². The summed E-state index contributed by atoms with van der Waals surface area (Å²) < 4.78 is 5.73. The third-order valence-electron chi connectivity index (χ3n) is 4.30. The van der Waals surface area contributed by atoms with Gasteiger partial charge in [-0.2, -0.15) is 0 Å². The molecule has 1 saturated carbocycles. The van der Waals surface area contributed by atoms with Gasteiger partial charge in [-0.25, -0.2) is 0 Å². The third kappa shape index (κ3) is 3.69. The lowest BCUT2D eigenvalue weighted by atomic mass is 9.84. The Bertz CT molecular complexity index is 296. The van der Waals surface area contributed by atoms with Gasteiger partial charge < -0.3 is 15.8 Å². The van der Waals surface area contributed by atoms with Crippen molar-refractivity contribution in [3.8, 4) is 0 Å². The second-order valence-corrected chi connectivity index (χ2v) is 6.42. The molecule has 1 atom stereocenters. The van der Waals surface area contributed by atoms with Crippen LogP contribution in [0.5, 0.6) is 0 Å². The van der Waals surface area contributed by atoms with E-state index in [0.29, 0.717) is 12.1 Å². The number of ether oxygens (including phenoxy) is 1. The number of hydrogen-bond donors (Lipinski definition) is 2. The molecule has 1 aliphatic carbocycles. The summed E-state index contributed by atoms with van der Waals surface area (Å²) in [6, 6.07) is 1.11. The maximum Gasteiger partial charge on any atom is 0.220 e. The number of carbonyl (C=O) groups is 1. The predicted octanol–water partition coefficient (Wildman–Crippen LogP) is 1.58. The molecule has 2 rings (SSSR count). The van der Waals surface area contributed by atoms with Gasteiger partial charge >= 0.3 is 0 Å². The maximum absolute atomic E-state index is 11.1. The van der Waals surface area contributed by atoms with E-state index in [1.807, 2.05) is 0 Å². The van der Waals surface area contributed by atoms with Crippen molar-refractivity contribution >= 4 is 5.91 Å². The lowest BCUT2D eigenvalue weighted by molar-refractivity contribution is -0.122. The van der Waals surface area contributed by atoms with Crippen molar-refractivity contribution in [2.45, 2.75) is 70.1 Å². The Morgan fingerprint density at radius 2 is 1.83 bits per heavy atom. The van der Waals surface area contributed by atoms with Crippen LogP contribution in [-0.2, 0) is 9.53 Å². The summed E-state index contributed by atoms with van der Waals surface area (Å²) in [5, 5.41) is 3.74. The Morgan fingerprint density at radius 3 is 2.39 bits per heavy atom. The number of carbonyl (C=O) groups excluding carboxylic acids is 1. The molecule has 2 fully saturated rings. The van der Waals surface area contributed by atoms with Crippen LogP contribution in [0.2, 0.25) is 0 Å². The van der Waals surface area contributed by atoms with Gasteiger partial charge in [0.2, 0.25) is 5.91 Å². The van der Waals surface area contributed by atoms with Crippen LogP contribution in [0.4, 0.5) is 0 Å². The van der Waals surface area contributed by atoms with Crippen molar-refractivity contribution in [2.24, 2.45) is 11.7 Å². The highest BCUT2D eigenvalue weighted by Crippen LogP contribution is 2.28. The van der Waals surface area contributed by atoms with Crippen molar-refractivity contribution < 1.29 is 9.53 Å². The minimum atomic E-state index is -0.124. The Labute approximate surface area is 110 Å². The van der Waals surface area contributed by atoms with Gasteiger partial charge in [-0.05, 0) is 52.4 Å². The van der Waals surface area contributed by atoms with E-state index < -0.39 is 0 Å². The Hall–Kier alpha value is -0.610. The fourth-order valence-electron chi connectivity index (χ4n) is 3.25. The first kappa shape index (κ1) is 13.8.